The fraction of sp³-hybridized carbons (Fsp3) is 0.568. The van der Waals surface area contributed by atoms with Gasteiger partial charge in [0.2, 0.25) is 0 Å². The summed E-state index contributed by atoms with van der Waals surface area (Å²) in [4.78, 5) is 46.5. The summed E-state index contributed by atoms with van der Waals surface area (Å²) < 4.78 is 7.95. The van der Waals surface area contributed by atoms with Gasteiger partial charge in [-0.3, -0.25) is 9.48 Å². The van der Waals surface area contributed by atoms with Crippen molar-refractivity contribution in [2.75, 3.05) is 51.1 Å². The van der Waals surface area contributed by atoms with E-state index < -0.39 is 12.2 Å². The van der Waals surface area contributed by atoms with E-state index in [1.807, 2.05) is 48.2 Å². The first kappa shape index (κ1) is 32.4. The van der Waals surface area contributed by atoms with Crippen LogP contribution in [0.1, 0.15) is 55.2 Å². The molecule has 0 aliphatic carbocycles. The highest BCUT2D eigenvalue weighted by Gasteiger charge is 2.36. The number of nitrogens with zero attached hydrogens (tertiary/aromatic N) is 5. The molecular weight excluding hydrogens is 606 g/mol. The van der Waals surface area contributed by atoms with Crippen LogP contribution in [-0.4, -0.2) is 100 Å². The number of amides is 4. The molecule has 11 nitrogen and oxygen atoms in total. The number of nitrogens with one attached hydrogen (secondary N) is 2. The highest BCUT2D eigenvalue weighted by molar-refractivity contribution is 5.91. The number of likely N-dealkylation sites (tertiary alicyclic amines) is 2. The Bertz CT molecular complexity index is 1630. The number of rotatable bonds is 6. The lowest BCUT2D eigenvalue weighted by Crippen LogP contribution is -2.52. The van der Waals surface area contributed by atoms with Crippen molar-refractivity contribution in [3.05, 3.63) is 59.3 Å². The highest BCUT2D eigenvalue weighted by atomic mass is 16.6. The molecule has 3 saturated heterocycles. The summed E-state index contributed by atoms with van der Waals surface area (Å²) in [5.74, 6) is 1.27. The second-order valence-corrected chi connectivity index (χ2v) is 14.2. The largest absolute Gasteiger partial charge is 0.436 e. The molecule has 11 heteroatoms. The second kappa shape index (κ2) is 14.2. The Kier molecular flexibility index (Phi) is 9.57. The number of aromatic nitrogens is 2. The summed E-state index contributed by atoms with van der Waals surface area (Å²) in [5.41, 5.74) is 4.93. The van der Waals surface area contributed by atoms with E-state index in [2.05, 4.69) is 33.9 Å². The lowest BCUT2D eigenvalue weighted by molar-refractivity contribution is -0.142. The number of anilines is 1. The van der Waals surface area contributed by atoms with Crippen molar-refractivity contribution in [1.29, 1.82) is 0 Å². The Morgan fingerprint density at radius 2 is 1.65 bits per heavy atom. The van der Waals surface area contributed by atoms with Gasteiger partial charge < -0.3 is 30.1 Å². The average Bonchev–Trinajstić information content (AvgIpc) is 3.40. The first-order valence-electron chi connectivity index (χ1n) is 17.9. The van der Waals surface area contributed by atoms with E-state index >= 15 is 0 Å². The number of piperidine rings is 3. The minimum Gasteiger partial charge on any atom is -0.436 e. The van der Waals surface area contributed by atoms with E-state index in [4.69, 9.17) is 4.74 Å². The third kappa shape index (κ3) is 7.02. The minimum atomic E-state index is -0.908. The summed E-state index contributed by atoms with van der Waals surface area (Å²) in [6, 6.07) is 12.0. The lowest BCUT2D eigenvalue weighted by atomic mass is 9.79. The lowest BCUT2D eigenvalue weighted by Gasteiger charge is -2.39. The standard InChI is InChI=1S/C37H49N7O4/c1-25-21-26(22-30-24-41(2)40-34(25)30)23-33(35(45)42-16-9-28(10-17-42)27-7-14-38-15-8-27)48-37(47)43-18-12-31(13-19-43)44-20-11-29-5-3-4-6-32(29)39-36(44)46/h3-6,21-22,24,27-28,31,33,38H,7-20,23H2,1-2H3,(H,39,46)/t33-/m1/s1. The first-order chi connectivity index (χ1) is 23.3. The van der Waals surface area contributed by atoms with Crippen LogP contribution in [0.2, 0.25) is 0 Å². The van der Waals surface area contributed by atoms with Crippen molar-refractivity contribution >= 4 is 34.6 Å². The molecule has 0 saturated carbocycles. The highest BCUT2D eigenvalue weighted by Crippen LogP contribution is 2.32. The smallest absolute Gasteiger partial charge is 0.410 e. The molecule has 256 valence electrons. The topological polar surface area (TPSA) is 112 Å². The van der Waals surface area contributed by atoms with E-state index in [1.165, 1.54) is 12.8 Å². The van der Waals surface area contributed by atoms with E-state index in [-0.39, 0.29) is 18.0 Å². The number of hydrogen-bond acceptors (Lipinski definition) is 6. The van der Waals surface area contributed by atoms with E-state index in [9.17, 15) is 14.4 Å². The Labute approximate surface area is 282 Å². The zero-order valence-electron chi connectivity index (χ0n) is 28.3. The Balaban J connectivity index is 1.01. The number of aryl methyl sites for hydroxylation is 2. The Morgan fingerprint density at radius 3 is 2.42 bits per heavy atom. The third-order valence-electron chi connectivity index (χ3n) is 11.1. The predicted molar refractivity (Wildman–Crippen MR) is 185 cm³/mol. The van der Waals surface area contributed by atoms with Crippen LogP contribution in [0.25, 0.3) is 10.9 Å². The van der Waals surface area contributed by atoms with Crippen molar-refractivity contribution in [2.45, 2.75) is 70.4 Å². The quantitative estimate of drug-likeness (QED) is 0.398. The van der Waals surface area contributed by atoms with E-state index in [0.29, 0.717) is 57.9 Å². The summed E-state index contributed by atoms with van der Waals surface area (Å²) >= 11 is 0. The number of carbonyl (C=O) groups excluding carboxylic acids is 3. The van der Waals surface area contributed by atoms with Gasteiger partial charge in [0, 0.05) is 69.5 Å². The molecule has 4 amide bonds. The molecule has 3 aromatic rings. The van der Waals surface area contributed by atoms with Gasteiger partial charge >= 0.3 is 12.1 Å². The van der Waals surface area contributed by atoms with Crippen molar-refractivity contribution in [2.24, 2.45) is 18.9 Å². The summed E-state index contributed by atoms with van der Waals surface area (Å²) in [6.45, 7) is 7.19. The number of urea groups is 1. The fourth-order valence-electron chi connectivity index (χ4n) is 8.42. The zero-order chi connectivity index (χ0) is 33.2. The van der Waals surface area contributed by atoms with Gasteiger partial charge in [-0.2, -0.15) is 5.10 Å². The van der Waals surface area contributed by atoms with Gasteiger partial charge in [0.1, 0.15) is 0 Å². The molecule has 2 N–H and O–H groups in total. The molecule has 48 heavy (non-hydrogen) atoms. The second-order valence-electron chi connectivity index (χ2n) is 14.2. The maximum absolute atomic E-state index is 14.1. The molecule has 4 aliphatic heterocycles. The number of fused-ring (bicyclic) bond motifs is 2. The zero-order valence-corrected chi connectivity index (χ0v) is 28.3. The normalized spacial score (nSPS) is 20.7. The monoisotopic (exact) mass is 655 g/mol. The molecular formula is C37H49N7O4. The fourth-order valence-corrected chi connectivity index (χ4v) is 8.42. The molecule has 0 unspecified atom stereocenters. The van der Waals surface area contributed by atoms with Crippen molar-refractivity contribution in [3.63, 3.8) is 0 Å². The molecule has 0 bridgehead atoms. The number of ether oxygens (including phenoxy) is 1. The average molecular weight is 656 g/mol. The van der Waals surface area contributed by atoms with Crippen molar-refractivity contribution in [3.8, 4) is 0 Å². The van der Waals surface area contributed by atoms with Crippen LogP contribution in [0.5, 0.6) is 0 Å². The summed E-state index contributed by atoms with van der Waals surface area (Å²) in [6.07, 6.45) is 7.47. The minimum absolute atomic E-state index is 0.0382. The van der Waals surface area contributed by atoms with Crippen LogP contribution in [-0.2, 0) is 29.4 Å². The molecule has 1 aromatic heterocycles. The molecule has 1 atom stereocenters. The number of carbonyl (C=O) groups is 3. The van der Waals surface area contributed by atoms with Gasteiger partial charge in [0.15, 0.2) is 6.10 Å². The first-order valence-corrected chi connectivity index (χ1v) is 17.9. The molecule has 3 fully saturated rings. The van der Waals surface area contributed by atoms with Crippen LogP contribution >= 0.6 is 0 Å². The molecule has 5 heterocycles. The maximum Gasteiger partial charge on any atom is 0.410 e. The maximum atomic E-state index is 14.1. The number of para-hydroxylation sites is 1. The van der Waals surface area contributed by atoms with E-state index in [1.54, 1.807) is 9.58 Å². The van der Waals surface area contributed by atoms with Crippen LogP contribution < -0.4 is 10.6 Å². The molecule has 0 spiro atoms. The van der Waals surface area contributed by atoms with E-state index in [0.717, 1.165) is 71.6 Å². The van der Waals surface area contributed by atoms with Crippen LogP contribution in [0.15, 0.2) is 42.6 Å². The number of benzene rings is 2. The van der Waals surface area contributed by atoms with Gasteiger partial charge in [-0.15, -0.1) is 0 Å². The molecule has 0 radical (unpaired) electrons. The Morgan fingerprint density at radius 1 is 0.938 bits per heavy atom. The molecule has 7 rings (SSSR count). The van der Waals surface area contributed by atoms with Gasteiger partial charge in [-0.1, -0.05) is 24.3 Å². The van der Waals surface area contributed by atoms with Gasteiger partial charge in [-0.05, 0) is 106 Å². The van der Waals surface area contributed by atoms with Gasteiger partial charge in [0.25, 0.3) is 5.91 Å². The third-order valence-corrected chi connectivity index (χ3v) is 11.1. The van der Waals surface area contributed by atoms with Crippen LogP contribution in [0, 0.1) is 18.8 Å². The van der Waals surface area contributed by atoms with Crippen molar-refractivity contribution < 1.29 is 19.1 Å². The van der Waals surface area contributed by atoms with Gasteiger partial charge in [-0.25, -0.2) is 9.59 Å². The number of hydrogen-bond donors (Lipinski definition) is 2. The van der Waals surface area contributed by atoms with Crippen LogP contribution in [0.4, 0.5) is 15.3 Å². The Hall–Kier alpha value is -4.12. The van der Waals surface area contributed by atoms with Gasteiger partial charge in [0.05, 0.1) is 5.52 Å². The predicted octanol–water partition coefficient (Wildman–Crippen LogP) is 4.72. The van der Waals surface area contributed by atoms with Crippen LogP contribution in [0.3, 0.4) is 0 Å². The molecule has 2 aromatic carbocycles. The summed E-state index contributed by atoms with van der Waals surface area (Å²) in [7, 11) is 1.90. The SMILES string of the molecule is Cc1cc(C[C@@H](OC(=O)N2CCC(N3CCc4ccccc4NC3=O)CC2)C(=O)N2CCC(C3CCNCC3)CC2)cc2cn(C)nc12. The molecule has 4 aliphatic rings. The summed E-state index contributed by atoms with van der Waals surface area (Å²) in [5, 5.41) is 12.1. The van der Waals surface area contributed by atoms with Crippen molar-refractivity contribution in [1.82, 2.24) is 29.8 Å².